The minimum absolute atomic E-state index is 0.366. The summed E-state index contributed by atoms with van der Waals surface area (Å²) < 4.78 is 30.2. The number of ether oxygens (including phenoxy) is 3. The third-order valence-corrected chi connectivity index (χ3v) is 4.28. The van der Waals surface area contributed by atoms with E-state index in [1.807, 2.05) is 18.2 Å². The largest absolute Gasteiger partial charge is 0.497 e. The van der Waals surface area contributed by atoms with Gasteiger partial charge in [-0.1, -0.05) is 12.1 Å². The third kappa shape index (κ3) is 4.03. The molecule has 142 valence electrons. The Morgan fingerprint density at radius 1 is 1.00 bits per heavy atom. The molecular formula is C20H22FN3O3. The fourth-order valence-corrected chi connectivity index (χ4v) is 2.93. The summed E-state index contributed by atoms with van der Waals surface area (Å²) in [5.41, 5.74) is 2.92. The highest BCUT2D eigenvalue weighted by atomic mass is 19.1. The number of hydrogen-bond donors (Lipinski definition) is 2. The predicted molar refractivity (Wildman–Crippen MR) is 101 cm³/mol. The van der Waals surface area contributed by atoms with Crippen LogP contribution in [-0.2, 0) is 13.1 Å². The predicted octanol–water partition coefficient (Wildman–Crippen LogP) is 3.53. The minimum Gasteiger partial charge on any atom is -0.497 e. The molecule has 0 saturated carbocycles. The summed E-state index contributed by atoms with van der Waals surface area (Å²) in [4.78, 5) is 0. The van der Waals surface area contributed by atoms with E-state index in [0.717, 1.165) is 11.1 Å². The second-order valence-corrected chi connectivity index (χ2v) is 5.87. The van der Waals surface area contributed by atoms with Crippen LogP contribution in [0.15, 0.2) is 42.6 Å². The fourth-order valence-electron chi connectivity index (χ4n) is 2.93. The molecule has 0 aliphatic heterocycles. The van der Waals surface area contributed by atoms with Gasteiger partial charge in [-0.2, -0.15) is 5.10 Å². The first-order valence-corrected chi connectivity index (χ1v) is 8.44. The molecule has 7 heteroatoms. The number of hydrogen-bond acceptors (Lipinski definition) is 5. The van der Waals surface area contributed by atoms with Crippen molar-refractivity contribution >= 4 is 0 Å². The van der Waals surface area contributed by atoms with Crippen molar-refractivity contribution in [2.75, 3.05) is 21.3 Å². The number of benzene rings is 2. The third-order valence-electron chi connectivity index (χ3n) is 4.28. The lowest BCUT2D eigenvalue weighted by atomic mass is 10.1. The van der Waals surface area contributed by atoms with E-state index in [-0.39, 0.29) is 5.82 Å². The van der Waals surface area contributed by atoms with Crippen LogP contribution in [-0.4, -0.2) is 31.5 Å². The Morgan fingerprint density at radius 3 is 2.52 bits per heavy atom. The maximum Gasteiger partial charge on any atom is 0.165 e. The van der Waals surface area contributed by atoms with Crippen LogP contribution in [0, 0.1) is 5.82 Å². The molecule has 0 bridgehead atoms. The molecule has 6 nitrogen and oxygen atoms in total. The zero-order valence-corrected chi connectivity index (χ0v) is 15.5. The molecule has 0 unspecified atom stereocenters. The van der Waals surface area contributed by atoms with Crippen LogP contribution in [0.3, 0.4) is 0 Å². The van der Waals surface area contributed by atoms with E-state index in [1.54, 1.807) is 32.5 Å². The van der Waals surface area contributed by atoms with E-state index in [1.165, 1.54) is 13.2 Å². The molecule has 0 saturated heterocycles. The van der Waals surface area contributed by atoms with Gasteiger partial charge >= 0.3 is 0 Å². The monoisotopic (exact) mass is 371 g/mol. The van der Waals surface area contributed by atoms with Crippen LogP contribution in [0.5, 0.6) is 17.2 Å². The van der Waals surface area contributed by atoms with E-state index < -0.39 is 0 Å². The molecule has 0 amide bonds. The van der Waals surface area contributed by atoms with Crippen molar-refractivity contribution in [1.29, 1.82) is 0 Å². The van der Waals surface area contributed by atoms with Gasteiger partial charge in [0.1, 0.15) is 11.6 Å². The maximum atomic E-state index is 14.4. The molecule has 2 N–H and O–H groups in total. The van der Waals surface area contributed by atoms with Gasteiger partial charge < -0.3 is 19.5 Å². The van der Waals surface area contributed by atoms with Gasteiger partial charge in [0.2, 0.25) is 0 Å². The summed E-state index contributed by atoms with van der Waals surface area (Å²) in [5, 5.41) is 10.3. The summed E-state index contributed by atoms with van der Waals surface area (Å²) in [6.07, 6.45) is 1.69. The molecule has 0 radical (unpaired) electrons. The van der Waals surface area contributed by atoms with Crippen LogP contribution in [0.4, 0.5) is 4.39 Å². The van der Waals surface area contributed by atoms with Gasteiger partial charge in [-0.3, -0.25) is 5.10 Å². The highest BCUT2D eigenvalue weighted by molar-refractivity contribution is 5.64. The normalized spacial score (nSPS) is 10.7. The lowest BCUT2D eigenvalue weighted by Gasteiger charge is -2.13. The van der Waals surface area contributed by atoms with Gasteiger partial charge in [-0.15, -0.1) is 0 Å². The van der Waals surface area contributed by atoms with Gasteiger partial charge in [0, 0.05) is 35.8 Å². The molecule has 3 aromatic rings. The smallest absolute Gasteiger partial charge is 0.165 e. The topological polar surface area (TPSA) is 68.4 Å². The van der Waals surface area contributed by atoms with Gasteiger partial charge in [0.15, 0.2) is 11.5 Å². The Kier molecular flexibility index (Phi) is 5.93. The van der Waals surface area contributed by atoms with Gasteiger partial charge in [-0.25, -0.2) is 4.39 Å². The van der Waals surface area contributed by atoms with Gasteiger partial charge in [0.05, 0.1) is 33.2 Å². The zero-order valence-electron chi connectivity index (χ0n) is 15.5. The van der Waals surface area contributed by atoms with E-state index in [0.29, 0.717) is 41.6 Å². The summed E-state index contributed by atoms with van der Waals surface area (Å²) in [6.45, 7) is 1.08. The van der Waals surface area contributed by atoms with E-state index in [9.17, 15) is 4.39 Å². The lowest BCUT2D eigenvalue weighted by Crippen LogP contribution is -2.14. The first-order valence-electron chi connectivity index (χ1n) is 8.44. The fraction of sp³-hybridized carbons (Fsp3) is 0.250. The van der Waals surface area contributed by atoms with Crippen LogP contribution < -0.4 is 19.5 Å². The zero-order chi connectivity index (χ0) is 19.2. The molecule has 2 aromatic carbocycles. The highest BCUT2D eigenvalue weighted by Crippen LogP contribution is 2.31. The number of nitrogens with one attached hydrogen (secondary N) is 2. The van der Waals surface area contributed by atoms with Crippen LogP contribution in [0.1, 0.15) is 11.1 Å². The van der Waals surface area contributed by atoms with Crippen LogP contribution in [0.25, 0.3) is 11.3 Å². The molecule has 0 spiro atoms. The van der Waals surface area contributed by atoms with Crippen LogP contribution in [0.2, 0.25) is 0 Å². The summed E-state index contributed by atoms with van der Waals surface area (Å²) >= 11 is 0. The first-order chi connectivity index (χ1) is 13.2. The van der Waals surface area contributed by atoms with E-state index >= 15 is 0 Å². The Labute approximate surface area is 157 Å². The molecular weight excluding hydrogens is 349 g/mol. The SMILES string of the molecule is COc1ccc(-c2[nH]ncc2CNCc2cccc(OC)c2OC)c(F)c1. The molecule has 1 heterocycles. The van der Waals surface area contributed by atoms with Gasteiger partial charge in [0.25, 0.3) is 0 Å². The molecule has 0 fully saturated rings. The Balaban J connectivity index is 1.73. The number of halogens is 1. The summed E-state index contributed by atoms with van der Waals surface area (Å²) in [6, 6.07) is 10.5. The molecule has 0 aliphatic rings. The van der Waals surface area contributed by atoms with E-state index in [4.69, 9.17) is 14.2 Å². The Hall–Kier alpha value is -3.06. The van der Waals surface area contributed by atoms with Crippen molar-refractivity contribution in [1.82, 2.24) is 15.5 Å². The average molecular weight is 371 g/mol. The Morgan fingerprint density at radius 2 is 1.81 bits per heavy atom. The number of H-pyrrole nitrogens is 1. The Bertz CT molecular complexity index is 911. The second-order valence-electron chi connectivity index (χ2n) is 5.87. The van der Waals surface area contributed by atoms with Crippen molar-refractivity contribution in [2.24, 2.45) is 0 Å². The number of aromatic nitrogens is 2. The van der Waals surface area contributed by atoms with Crippen molar-refractivity contribution in [3.63, 3.8) is 0 Å². The van der Waals surface area contributed by atoms with Crippen molar-refractivity contribution in [2.45, 2.75) is 13.1 Å². The van der Waals surface area contributed by atoms with E-state index in [2.05, 4.69) is 15.5 Å². The quantitative estimate of drug-likeness (QED) is 0.634. The minimum atomic E-state index is -0.366. The van der Waals surface area contributed by atoms with Crippen LogP contribution >= 0.6 is 0 Å². The molecule has 0 aliphatic carbocycles. The second kappa shape index (κ2) is 8.55. The standard InChI is InChI=1S/C20H22FN3O3/c1-25-15-7-8-16(17(21)9-15)19-14(12-23-24-19)11-22-10-13-5-4-6-18(26-2)20(13)27-3/h4-9,12,22H,10-11H2,1-3H3,(H,23,24). The number of para-hydroxylation sites is 1. The highest BCUT2D eigenvalue weighted by Gasteiger charge is 2.14. The number of aromatic amines is 1. The average Bonchev–Trinajstić information content (AvgIpc) is 3.15. The number of methoxy groups -OCH3 is 3. The molecule has 3 rings (SSSR count). The molecule has 0 atom stereocenters. The molecule has 1 aromatic heterocycles. The van der Waals surface area contributed by atoms with Crippen molar-refractivity contribution in [3.8, 4) is 28.5 Å². The van der Waals surface area contributed by atoms with Crippen molar-refractivity contribution < 1.29 is 18.6 Å². The molecule has 27 heavy (non-hydrogen) atoms. The number of nitrogens with zero attached hydrogens (tertiary/aromatic N) is 1. The van der Waals surface area contributed by atoms with Gasteiger partial charge in [-0.05, 0) is 18.2 Å². The first kappa shape index (κ1) is 18.7. The maximum absolute atomic E-state index is 14.4. The summed E-state index contributed by atoms with van der Waals surface area (Å²) in [5.74, 6) is 1.48. The lowest BCUT2D eigenvalue weighted by molar-refractivity contribution is 0.350. The number of rotatable bonds is 8. The summed E-state index contributed by atoms with van der Waals surface area (Å²) in [7, 11) is 4.73. The van der Waals surface area contributed by atoms with Crippen molar-refractivity contribution in [3.05, 3.63) is 59.5 Å².